The Morgan fingerprint density at radius 3 is 2.36 bits per heavy atom. The molecular weight excluding hydrogens is 300 g/mol. The highest BCUT2D eigenvalue weighted by molar-refractivity contribution is 5.94. The number of piperazine rings is 1. The lowest BCUT2D eigenvalue weighted by Gasteiger charge is -2.38. The molecule has 1 fully saturated rings. The van der Waals surface area contributed by atoms with Gasteiger partial charge in [0.2, 0.25) is 5.91 Å². The highest BCUT2D eigenvalue weighted by Gasteiger charge is 2.19. The molecule has 0 aliphatic carbocycles. The van der Waals surface area contributed by atoms with Gasteiger partial charge in [0.25, 0.3) is 0 Å². The summed E-state index contributed by atoms with van der Waals surface area (Å²) in [6, 6.07) is 8.08. The molecule has 0 bridgehead atoms. The van der Waals surface area contributed by atoms with Crippen molar-refractivity contribution in [1.29, 1.82) is 0 Å². The molecule has 1 aliphatic heterocycles. The summed E-state index contributed by atoms with van der Waals surface area (Å²) in [6.45, 7) is 10.3. The van der Waals surface area contributed by atoms with Crippen LogP contribution in [0.3, 0.4) is 0 Å². The van der Waals surface area contributed by atoms with Crippen molar-refractivity contribution in [1.82, 2.24) is 4.90 Å². The molecule has 1 amide bonds. The van der Waals surface area contributed by atoms with Gasteiger partial charge in [0.1, 0.15) is 0 Å². The zero-order chi connectivity index (χ0) is 15.4. The molecule has 1 heterocycles. The van der Waals surface area contributed by atoms with Crippen LogP contribution in [-0.4, -0.2) is 49.1 Å². The number of anilines is 2. The Kier molecular flexibility index (Phi) is 7.13. The number of amides is 1. The predicted molar refractivity (Wildman–Crippen MR) is 94.9 cm³/mol. The average molecular weight is 327 g/mol. The van der Waals surface area contributed by atoms with Crippen molar-refractivity contribution >= 4 is 29.7 Å². The zero-order valence-corrected chi connectivity index (χ0v) is 14.4. The number of hydrogen-bond acceptors (Lipinski definition) is 4. The first-order valence-electron chi connectivity index (χ1n) is 7.63. The molecule has 0 saturated carbocycles. The maximum Gasteiger partial charge on any atom is 0.240 e. The van der Waals surface area contributed by atoms with Gasteiger partial charge in [0.15, 0.2) is 0 Å². The van der Waals surface area contributed by atoms with E-state index in [1.165, 1.54) is 0 Å². The fourth-order valence-corrected chi connectivity index (χ4v) is 2.53. The van der Waals surface area contributed by atoms with Crippen LogP contribution in [0.15, 0.2) is 24.3 Å². The Hall–Kier alpha value is -1.30. The largest absolute Gasteiger partial charge is 0.369 e. The van der Waals surface area contributed by atoms with Crippen LogP contribution in [-0.2, 0) is 4.79 Å². The first kappa shape index (κ1) is 18.7. The van der Waals surface area contributed by atoms with Crippen LogP contribution in [0.1, 0.15) is 20.8 Å². The van der Waals surface area contributed by atoms with Gasteiger partial charge < -0.3 is 16.0 Å². The number of halogens is 1. The summed E-state index contributed by atoms with van der Waals surface area (Å²) in [5.74, 6) is -0.156. The van der Waals surface area contributed by atoms with Crippen molar-refractivity contribution in [3.63, 3.8) is 0 Å². The molecule has 1 aromatic rings. The van der Waals surface area contributed by atoms with Gasteiger partial charge in [-0.15, -0.1) is 12.4 Å². The summed E-state index contributed by atoms with van der Waals surface area (Å²) in [6.07, 6.45) is 0. The SMILES string of the molecule is CC(C)N1CCN(c2cccc(NC(=O)[C@@H](C)N)c2)CC1.Cl. The van der Waals surface area contributed by atoms with Gasteiger partial charge in [0.05, 0.1) is 6.04 Å². The smallest absolute Gasteiger partial charge is 0.240 e. The average Bonchev–Trinajstić information content (AvgIpc) is 2.47. The van der Waals surface area contributed by atoms with Crippen LogP contribution in [0, 0.1) is 0 Å². The lowest BCUT2D eigenvalue weighted by molar-refractivity contribution is -0.117. The minimum Gasteiger partial charge on any atom is -0.369 e. The van der Waals surface area contributed by atoms with E-state index >= 15 is 0 Å². The van der Waals surface area contributed by atoms with E-state index in [4.69, 9.17) is 5.73 Å². The lowest BCUT2D eigenvalue weighted by Crippen LogP contribution is -2.48. The molecule has 0 spiro atoms. The second-order valence-electron chi connectivity index (χ2n) is 5.95. The predicted octanol–water partition coefficient (Wildman–Crippen LogP) is 1.92. The quantitative estimate of drug-likeness (QED) is 0.887. The van der Waals surface area contributed by atoms with E-state index in [0.29, 0.717) is 6.04 Å². The number of rotatable bonds is 4. The Morgan fingerprint density at radius 2 is 1.82 bits per heavy atom. The zero-order valence-electron chi connectivity index (χ0n) is 13.6. The van der Waals surface area contributed by atoms with Crippen LogP contribution < -0.4 is 16.0 Å². The first-order valence-corrected chi connectivity index (χ1v) is 7.63. The standard InChI is InChI=1S/C16H26N4O.ClH/c1-12(2)19-7-9-20(10-8-19)15-6-4-5-14(11-15)18-16(21)13(3)17;/h4-6,11-13H,7-10,17H2,1-3H3,(H,18,21);1H/t13-;/m1./s1. The number of hydrogen-bond donors (Lipinski definition) is 2. The van der Waals surface area contributed by atoms with Crippen LogP contribution in [0.5, 0.6) is 0 Å². The van der Waals surface area contributed by atoms with E-state index in [2.05, 4.69) is 35.0 Å². The van der Waals surface area contributed by atoms with Gasteiger partial charge in [-0.25, -0.2) is 0 Å². The molecular formula is C16H27ClN4O. The Balaban J connectivity index is 0.00000242. The maximum atomic E-state index is 11.7. The lowest BCUT2D eigenvalue weighted by atomic mass is 10.2. The van der Waals surface area contributed by atoms with E-state index in [1.807, 2.05) is 18.2 Å². The molecule has 6 heteroatoms. The van der Waals surface area contributed by atoms with Crippen LogP contribution >= 0.6 is 12.4 Å². The molecule has 5 nitrogen and oxygen atoms in total. The molecule has 1 aromatic carbocycles. The molecule has 22 heavy (non-hydrogen) atoms. The minimum absolute atomic E-state index is 0. The molecule has 3 N–H and O–H groups in total. The Bertz CT molecular complexity index is 485. The molecule has 2 rings (SSSR count). The fraction of sp³-hybridized carbons (Fsp3) is 0.562. The number of carbonyl (C=O) groups excluding carboxylic acids is 1. The summed E-state index contributed by atoms with van der Waals surface area (Å²) in [5, 5.41) is 2.85. The summed E-state index contributed by atoms with van der Waals surface area (Å²) in [5.41, 5.74) is 7.54. The maximum absolute atomic E-state index is 11.7. The minimum atomic E-state index is -0.497. The highest BCUT2D eigenvalue weighted by Crippen LogP contribution is 2.21. The van der Waals surface area contributed by atoms with Crippen molar-refractivity contribution in [3.05, 3.63) is 24.3 Å². The van der Waals surface area contributed by atoms with E-state index in [-0.39, 0.29) is 18.3 Å². The Morgan fingerprint density at radius 1 is 1.18 bits per heavy atom. The van der Waals surface area contributed by atoms with Crippen LogP contribution in [0.25, 0.3) is 0 Å². The summed E-state index contributed by atoms with van der Waals surface area (Å²) in [7, 11) is 0. The van der Waals surface area contributed by atoms with Crippen LogP contribution in [0.4, 0.5) is 11.4 Å². The first-order chi connectivity index (χ1) is 9.97. The third-order valence-corrected chi connectivity index (χ3v) is 3.94. The third-order valence-electron chi connectivity index (χ3n) is 3.94. The molecule has 124 valence electrons. The van der Waals surface area contributed by atoms with Gasteiger partial charge in [-0.2, -0.15) is 0 Å². The van der Waals surface area contributed by atoms with Crippen molar-refractivity contribution in [2.24, 2.45) is 5.73 Å². The number of benzene rings is 1. The fourth-order valence-electron chi connectivity index (χ4n) is 2.53. The molecule has 1 saturated heterocycles. The molecule has 1 atom stereocenters. The summed E-state index contributed by atoms with van der Waals surface area (Å²) >= 11 is 0. The number of nitrogens with one attached hydrogen (secondary N) is 1. The van der Waals surface area contributed by atoms with Gasteiger partial charge in [-0.1, -0.05) is 6.07 Å². The van der Waals surface area contributed by atoms with Crippen LogP contribution in [0.2, 0.25) is 0 Å². The van der Waals surface area contributed by atoms with Crippen molar-refractivity contribution in [2.45, 2.75) is 32.9 Å². The topological polar surface area (TPSA) is 61.6 Å². The molecule has 0 radical (unpaired) electrons. The normalized spacial score (nSPS) is 17.0. The molecule has 1 aliphatic rings. The molecule has 0 unspecified atom stereocenters. The van der Waals surface area contributed by atoms with E-state index in [1.54, 1.807) is 6.92 Å². The van der Waals surface area contributed by atoms with Gasteiger partial charge in [0, 0.05) is 43.6 Å². The molecule has 0 aromatic heterocycles. The number of carbonyl (C=O) groups is 1. The van der Waals surface area contributed by atoms with E-state index in [9.17, 15) is 4.79 Å². The number of nitrogens with zero attached hydrogens (tertiary/aromatic N) is 2. The van der Waals surface area contributed by atoms with Gasteiger partial charge >= 0.3 is 0 Å². The van der Waals surface area contributed by atoms with Crippen molar-refractivity contribution in [3.8, 4) is 0 Å². The monoisotopic (exact) mass is 326 g/mol. The third kappa shape index (κ3) is 4.87. The van der Waals surface area contributed by atoms with E-state index in [0.717, 1.165) is 37.6 Å². The number of nitrogens with two attached hydrogens (primary N) is 1. The van der Waals surface area contributed by atoms with Crippen molar-refractivity contribution < 1.29 is 4.79 Å². The van der Waals surface area contributed by atoms with E-state index < -0.39 is 6.04 Å². The second kappa shape index (κ2) is 8.36. The highest BCUT2D eigenvalue weighted by atomic mass is 35.5. The van der Waals surface area contributed by atoms with Gasteiger partial charge in [-0.3, -0.25) is 9.69 Å². The summed E-state index contributed by atoms with van der Waals surface area (Å²) < 4.78 is 0. The van der Waals surface area contributed by atoms with Gasteiger partial charge in [-0.05, 0) is 39.0 Å². The van der Waals surface area contributed by atoms with Crippen molar-refractivity contribution in [2.75, 3.05) is 36.4 Å². The summed E-state index contributed by atoms with van der Waals surface area (Å²) in [4.78, 5) is 16.5. The second-order valence-corrected chi connectivity index (χ2v) is 5.95. The Labute approximate surface area is 139 Å².